The van der Waals surface area contributed by atoms with Crippen molar-refractivity contribution in [1.82, 2.24) is 14.7 Å². The molecule has 1 aromatic heterocycles. The van der Waals surface area contributed by atoms with Crippen molar-refractivity contribution in [1.29, 1.82) is 0 Å². The first-order valence-corrected chi connectivity index (χ1v) is 9.47. The normalized spacial score (nSPS) is 10.6. The molecule has 0 saturated carbocycles. The van der Waals surface area contributed by atoms with Crippen LogP contribution in [0.25, 0.3) is 0 Å². The zero-order valence-electron chi connectivity index (χ0n) is 15.5. The highest BCUT2D eigenvalue weighted by Crippen LogP contribution is 2.18. The number of methoxy groups -OCH3 is 2. The summed E-state index contributed by atoms with van der Waals surface area (Å²) in [6.45, 7) is 3.31. The summed E-state index contributed by atoms with van der Waals surface area (Å²) in [5.41, 5.74) is -0.242. The molecule has 0 fully saturated rings. The Hall–Kier alpha value is -3.67. The number of rotatable bonds is 8. The highest BCUT2D eigenvalue weighted by molar-refractivity contribution is 7.90. The quantitative estimate of drug-likeness (QED) is 0.475. The molecule has 2 amide bonds. The van der Waals surface area contributed by atoms with E-state index in [1.807, 2.05) is 0 Å². The average Bonchev–Trinajstić information content (AvgIpc) is 2.71. The Bertz CT molecular complexity index is 1000. The first-order valence-electron chi connectivity index (χ1n) is 7.98. The Morgan fingerprint density at radius 1 is 1.14 bits per heavy atom. The second-order valence-electron chi connectivity index (χ2n) is 5.22. The van der Waals surface area contributed by atoms with E-state index < -0.39 is 26.9 Å². The summed E-state index contributed by atoms with van der Waals surface area (Å²) in [5, 5.41) is 2.16. The number of amides is 2. The lowest BCUT2D eigenvalue weighted by molar-refractivity contribution is 0.0545. The third kappa shape index (κ3) is 5.65. The number of carbonyl (C=O) groups is 2. The zero-order valence-corrected chi connectivity index (χ0v) is 16.4. The standard InChI is InChI=1S/C17H18N4O7S/c1-4-9-28-15(22)11-7-5-6-8-12(11)29(24,25)21-17(23)20-16-18-13(26-2)10-14(19-16)27-3/h4-8,10H,1,9H2,2-3H3,(H2,18,19,20,21,23). The number of hydrogen-bond donors (Lipinski definition) is 2. The van der Waals surface area contributed by atoms with Gasteiger partial charge in [-0.2, -0.15) is 9.97 Å². The zero-order chi connectivity index (χ0) is 21.4. The largest absolute Gasteiger partial charge is 0.481 e. The van der Waals surface area contributed by atoms with Crippen LogP contribution in [0.5, 0.6) is 11.8 Å². The van der Waals surface area contributed by atoms with E-state index in [0.29, 0.717) is 0 Å². The minimum Gasteiger partial charge on any atom is -0.481 e. The van der Waals surface area contributed by atoms with E-state index in [1.54, 1.807) is 4.72 Å². The molecule has 2 rings (SSSR count). The van der Waals surface area contributed by atoms with E-state index >= 15 is 0 Å². The molecule has 0 unspecified atom stereocenters. The molecule has 0 saturated heterocycles. The van der Waals surface area contributed by atoms with Gasteiger partial charge >= 0.3 is 12.0 Å². The van der Waals surface area contributed by atoms with E-state index in [1.165, 1.54) is 44.6 Å². The van der Waals surface area contributed by atoms with Crippen LogP contribution in [0.15, 0.2) is 47.9 Å². The Balaban J connectivity index is 2.23. The minimum atomic E-state index is -4.42. The van der Waals surface area contributed by atoms with Gasteiger partial charge in [0.2, 0.25) is 17.7 Å². The van der Waals surface area contributed by atoms with Gasteiger partial charge in [0.25, 0.3) is 10.0 Å². The lowest BCUT2D eigenvalue weighted by Crippen LogP contribution is -2.35. The summed E-state index contributed by atoms with van der Waals surface area (Å²) in [5.74, 6) is -0.963. The van der Waals surface area contributed by atoms with E-state index in [9.17, 15) is 18.0 Å². The van der Waals surface area contributed by atoms with Gasteiger partial charge in [0, 0.05) is 0 Å². The number of carbonyl (C=O) groups excluding carboxylic acids is 2. The molecule has 154 valence electrons. The van der Waals surface area contributed by atoms with E-state index in [0.717, 1.165) is 6.07 Å². The molecule has 1 heterocycles. The second kappa shape index (κ2) is 9.50. The van der Waals surface area contributed by atoms with Crippen LogP contribution < -0.4 is 19.5 Å². The van der Waals surface area contributed by atoms with Crippen LogP contribution in [-0.4, -0.2) is 51.2 Å². The fourth-order valence-electron chi connectivity index (χ4n) is 2.06. The van der Waals surface area contributed by atoms with Crippen molar-refractivity contribution < 1.29 is 32.2 Å². The number of ether oxygens (including phenoxy) is 3. The Morgan fingerprint density at radius 2 is 1.76 bits per heavy atom. The van der Waals surface area contributed by atoms with Crippen molar-refractivity contribution in [3.8, 4) is 11.8 Å². The molecule has 0 radical (unpaired) electrons. The maximum Gasteiger partial charge on any atom is 0.339 e. The van der Waals surface area contributed by atoms with Gasteiger partial charge in [-0.3, -0.25) is 5.32 Å². The maximum absolute atomic E-state index is 12.6. The van der Waals surface area contributed by atoms with E-state index in [4.69, 9.17) is 14.2 Å². The number of benzene rings is 1. The van der Waals surface area contributed by atoms with Crippen molar-refractivity contribution in [2.24, 2.45) is 0 Å². The summed E-state index contributed by atoms with van der Waals surface area (Å²) in [6.07, 6.45) is 1.34. The van der Waals surface area contributed by atoms with Crippen LogP contribution in [0.1, 0.15) is 10.4 Å². The van der Waals surface area contributed by atoms with E-state index in [2.05, 4.69) is 21.9 Å². The smallest absolute Gasteiger partial charge is 0.339 e. The Morgan fingerprint density at radius 3 is 2.34 bits per heavy atom. The number of aromatic nitrogens is 2. The lowest BCUT2D eigenvalue weighted by Gasteiger charge is -2.12. The highest BCUT2D eigenvalue weighted by Gasteiger charge is 2.25. The van der Waals surface area contributed by atoms with Crippen LogP contribution >= 0.6 is 0 Å². The van der Waals surface area contributed by atoms with E-state index in [-0.39, 0.29) is 29.9 Å². The molecule has 0 aliphatic rings. The van der Waals surface area contributed by atoms with Gasteiger partial charge in [0.05, 0.1) is 25.8 Å². The fraction of sp³-hybridized carbons (Fsp3) is 0.176. The number of hydrogen-bond acceptors (Lipinski definition) is 9. The second-order valence-corrected chi connectivity index (χ2v) is 6.87. The number of urea groups is 1. The molecule has 0 bridgehead atoms. The van der Waals surface area contributed by atoms with Crippen LogP contribution in [0.4, 0.5) is 10.7 Å². The van der Waals surface area contributed by atoms with Gasteiger partial charge in [-0.1, -0.05) is 24.8 Å². The van der Waals surface area contributed by atoms with Crippen molar-refractivity contribution in [3.05, 3.63) is 48.6 Å². The molecule has 2 N–H and O–H groups in total. The van der Waals surface area contributed by atoms with Gasteiger partial charge in [-0.15, -0.1) is 0 Å². The molecule has 29 heavy (non-hydrogen) atoms. The van der Waals surface area contributed by atoms with Crippen LogP contribution in [0, 0.1) is 0 Å². The van der Waals surface area contributed by atoms with Gasteiger partial charge < -0.3 is 14.2 Å². The molecule has 0 aliphatic heterocycles. The number of esters is 1. The molecule has 0 aliphatic carbocycles. The molecule has 0 spiro atoms. The fourth-order valence-corrected chi connectivity index (χ4v) is 3.16. The Kier molecular flexibility index (Phi) is 7.09. The molecule has 12 heteroatoms. The third-order valence-corrected chi connectivity index (χ3v) is 4.67. The molecule has 11 nitrogen and oxygen atoms in total. The molecule has 1 aromatic carbocycles. The predicted octanol–water partition coefficient (Wildman–Crippen LogP) is 1.35. The van der Waals surface area contributed by atoms with Crippen LogP contribution in [0.3, 0.4) is 0 Å². The number of nitrogens with zero attached hydrogens (tertiary/aromatic N) is 2. The van der Waals surface area contributed by atoms with Gasteiger partial charge in [-0.25, -0.2) is 22.7 Å². The summed E-state index contributed by atoms with van der Waals surface area (Å²) in [6, 6.07) is 5.48. The highest BCUT2D eigenvalue weighted by atomic mass is 32.2. The average molecular weight is 422 g/mol. The topological polar surface area (TPSA) is 146 Å². The molecular weight excluding hydrogens is 404 g/mol. The van der Waals surface area contributed by atoms with Gasteiger partial charge in [0.15, 0.2) is 0 Å². The van der Waals surface area contributed by atoms with Gasteiger partial charge in [0.1, 0.15) is 11.5 Å². The Labute approximate surface area is 166 Å². The first-order chi connectivity index (χ1) is 13.8. The minimum absolute atomic E-state index is 0.0883. The molecule has 0 atom stereocenters. The van der Waals surface area contributed by atoms with Crippen molar-refractivity contribution in [2.45, 2.75) is 4.90 Å². The van der Waals surface area contributed by atoms with Crippen LogP contribution in [0.2, 0.25) is 0 Å². The van der Waals surface area contributed by atoms with Crippen molar-refractivity contribution in [3.63, 3.8) is 0 Å². The summed E-state index contributed by atoms with van der Waals surface area (Å²) >= 11 is 0. The molecule has 2 aromatic rings. The van der Waals surface area contributed by atoms with Gasteiger partial charge in [-0.05, 0) is 12.1 Å². The maximum atomic E-state index is 12.6. The number of nitrogens with one attached hydrogen (secondary N) is 2. The van der Waals surface area contributed by atoms with Crippen LogP contribution in [-0.2, 0) is 14.8 Å². The van der Waals surface area contributed by atoms with Crippen molar-refractivity contribution >= 4 is 28.0 Å². The molecular formula is C17H18N4O7S. The summed E-state index contributed by atoms with van der Waals surface area (Å²) in [7, 11) is -1.73. The number of sulfonamides is 1. The lowest BCUT2D eigenvalue weighted by atomic mass is 10.2. The third-order valence-electron chi connectivity index (χ3n) is 3.28. The predicted molar refractivity (Wildman–Crippen MR) is 101 cm³/mol. The van der Waals surface area contributed by atoms with Crippen molar-refractivity contribution in [2.75, 3.05) is 26.1 Å². The SMILES string of the molecule is C=CCOC(=O)c1ccccc1S(=O)(=O)NC(=O)Nc1nc(OC)cc(OC)n1. The summed E-state index contributed by atoms with van der Waals surface area (Å²) in [4.78, 5) is 31.5. The number of anilines is 1. The summed E-state index contributed by atoms with van der Waals surface area (Å²) < 4.78 is 41.7. The monoisotopic (exact) mass is 422 g/mol. The first kappa shape index (κ1) is 21.6.